The first-order valence-corrected chi connectivity index (χ1v) is 12.9. The van der Waals surface area contributed by atoms with Crippen molar-refractivity contribution in [2.75, 3.05) is 37.6 Å². The van der Waals surface area contributed by atoms with Crippen LogP contribution < -0.4 is 10.2 Å². The SMILES string of the molecule is O=C(NCCc1ccccc1)C1Cc2cc(C(F)(F)F)ccc2N2CCN(CCc3ccccc3)CC12. The third-order valence-corrected chi connectivity index (χ3v) is 7.58. The molecule has 194 valence electrons. The maximum Gasteiger partial charge on any atom is 0.416 e. The van der Waals surface area contributed by atoms with E-state index < -0.39 is 17.7 Å². The topological polar surface area (TPSA) is 35.6 Å². The summed E-state index contributed by atoms with van der Waals surface area (Å²) in [4.78, 5) is 18.0. The van der Waals surface area contributed by atoms with Crippen LogP contribution in [0.15, 0.2) is 78.9 Å². The maximum atomic E-state index is 13.5. The Balaban J connectivity index is 1.33. The summed E-state index contributed by atoms with van der Waals surface area (Å²) in [7, 11) is 0. The third kappa shape index (κ3) is 5.99. The van der Waals surface area contributed by atoms with Crippen LogP contribution in [0.4, 0.5) is 18.9 Å². The fourth-order valence-corrected chi connectivity index (χ4v) is 5.60. The van der Waals surface area contributed by atoms with Gasteiger partial charge in [-0.25, -0.2) is 0 Å². The molecule has 0 saturated carbocycles. The molecule has 2 aliphatic heterocycles. The summed E-state index contributed by atoms with van der Waals surface area (Å²) < 4.78 is 40.4. The molecule has 1 amide bonds. The van der Waals surface area contributed by atoms with Gasteiger partial charge in [-0.2, -0.15) is 13.2 Å². The molecule has 3 aromatic rings. The molecule has 4 nitrogen and oxygen atoms in total. The molecule has 0 aliphatic carbocycles. The molecule has 2 aliphatic rings. The van der Waals surface area contributed by atoms with E-state index in [4.69, 9.17) is 0 Å². The van der Waals surface area contributed by atoms with E-state index >= 15 is 0 Å². The van der Waals surface area contributed by atoms with Crippen LogP contribution in [0.2, 0.25) is 0 Å². The van der Waals surface area contributed by atoms with Crippen molar-refractivity contribution < 1.29 is 18.0 Å². The lowest BCUT2D eigenvalue weighted by atomic mass is 9.82. The average Bonchev–Trinajstić information content (AvgIpc) is 2.91. The minimum absolute atomic E-state index is 0.0783. The van der Waals surface area contributed by atoms with Gasteiger partial charge in [0, 0.05) is 38.4 Å². The van der Waals surface area contributed by atoms with Gasteiger partial charge in [-0.15, -0.1) is 0 Å². The number of fused-ring (bicyclic) bond motifs is 3. The average molecular weight is 508 g/mol. The highest BCUT2D eigenvalue weighted by atomic mass is 19.4. The van der Waals surface area contributed by atoms with Crippen molar-refractivity contribution in [3.63, 3.8) is 0 Å². The maximum absolute atomic E-state index is 13.5. The number of halogens is 3. The largest absolute Gasteiger partial charge is 0.416 e. The normalized spacial score (nSPS) is 19.7. The van der Waals surface area contributed by atoms with Gasteiger partial charge < -0.3 is 10.2 Å². The lowest BCUT2D eigenvalue weighted by Crippen LogP contribution is -2.61. The Kier molecular flexibility index (Phi) is 7.51. The van der Waals surface area contributed by atoms with E-state index in [2.05, 4.69) is 27.2 Å². The minimum Gasteiger partial charge on any atom is -0.365 e. The molecule has 0 radical (unpaired) electrons. The number of carbonyl (C=O) groups excluding carboxylic acids is 1. The van der Waals surface area contributed by atoms with E-state index in [0.29, 0.717) is 38.0 Å². The molecule has 0 bridgehead atoms. The van der Waals surface area contributed by atoms with Crippen LogP contribution in [0, 0.1) is 5.92 Å². The quantitative estimate of drug-likeness (QED) is 0.491. The second-order valence-corrected chi connectivity index (χ2v) is 9.98. The number of hydrogen-bond donors (Lipinski definition) is 1. The van der Waals surface area contributed by atoms with Crippen molar-refractivity contribution in [2.24, 2.45) is 5.92 Å². The molecular weight excluding hydrogens is 475 g/mol. The first kappa shape index (κ1) is 25.3. The van der Waals surface area contributed by atoms with Gasteiger partial charge in [0.25, 0.3) is 0 Å². The minimum atomic E-state index is -4.41. The number of amides is 1. The molecule has 1 N–H and O–H groups in total. The van der Waals surface area contributed by atoms with E-state index in [-0.39, 0.29) is 11.9 Å². The van der Waals surface area contributed by atoms with Crippen molar-refractivity contribution >= 4 is 11.6 Å². The predicted octanol–water partition coefficient (Wildman–Crippen LogP) is 4.97. The number of rotatable bonds is 7. The number of piperazine rings is 1. The number of nitrogens with one attached hydrogen (secondary N) is 1. The molecule has 2 heterocycles. The lowest BCUT2D eigenvalue weighted by Gasteiger charge is -2.49. The van der Waals surface area contributed by atoms with E-state index in [1.54, 1.807) is 6.07 Å². The van der Waals surface area contributed by atoms with E-state index in [0.717, 1.165) is 36.8 Å². The molecule has 7 heteroatoms. The number of carbonyl (C=O) groups is 1. The highest BCUT2D eigenvalue weighted by molar-refractivity contribution is 5.82. The van der Waals surface area contributed by atoms with E-state index in [9.17, 15) is 18.0 Å². The number of nitrogens with zero attached hydrogens (tertiary/aromatic N) is 2. The zero-order valence-electron chi connectivity index (χ0n) is 20.8. The van der Waals surface area contributed by atoms with E-state index in [1.807, 2.05) is 48.5 Å². The van der Waals surface area contributed by atoms with Gasteiger partial charge in [0.15, 0.2) is 0 Å². The van der Waals surface area contributed by atoms with E-state index in [1.165, 1.54) is 11.6 Å². The van der Waals surface area contributed by atoms with Crippen LogP contribution in [0.1, 0.15) is 22.3 Å². The monoisotopic (exact) mass is 507 g/mol. The molecule has 1 fully saturated rings. The Hall–Kier alpha value is -3.32. The number of benzene rings is 3. The highest BCUT2D eigenvalue weighted by Crippen LogP contribution is 2.39. The first-order chi connectivity index (χ1) is 17.9. The van der Waals surface area contributed by atoms with Crippen LogP contribution >= 0.6 is 0 Å². The molecular formula is C30H32F3N3O. The Morgan fingerprint density at radius 2 is 1.57 bits per heavy atom. The van der Waals surface area contributed by atoms with Gasteiger partial charge in [0.2, 0.25) is 5.91 Å². The molecule has 37 heavy (non-hydrogen) atoms. The van der Waals surface area contributed by atoms with Crippen LogP contribution in [-0.4, -0.2) is 49.6 Å². The fourth-order valence-electron chi connectivity index (χ4n) is 5.60. The number of anilines is 1. The Labute approximate surface area is 216 Å². The highest BCUT2D eigenvalue weighted by Gasteiger charge is 2.42. The van der Waals surface area contributed by atoms with Gasteiger partial charge in [-0.1, -0.05) is 60.7 Å². The Bertz CT molecular complexity index is 1200. The number of alkyl halides is 3. The van der Waals surface area contributed by atoms with Crippen LogP contribution in [-0.2, 0) is 30.2 Å². The number of hydrogen-bond acceptors (Lipinski definition) is 3. The summed E-state index contributed by atoms with van der Waals surface area (Å²) >= 11 is 0. The summed E-state index contributed by atoms with van der Waals surface area (Å²) in [6.45, 7) is 3.59. The van der Waals surface area contributed by atoms with Gasteiger partial charge in [0.05, 0.1) is 17.5 Å². The standard InChI is InChI=1S/C30H32F3N3O/c31-30(32,33)25-11-12-27-24(19-25)20-26(29(37)34-15-13-22-7-3-1-4-8-22)28-21-35(17-18-36(27)28)16-14-23-9-5-2-6-10-23/h1-12,19,26,28H,13-18,20-21H2,(H,34,37). The van der Waals surface area contributed by atoms with Crippen molar-refractivity contribution in [3.8, 4) is 0 Å². The zero-order valence-corrected chi connectivity index (χ0v) is 20.8. The van der Waals surface area contributed by atoms with Crippen LogP contribution in [0.3, 0.4) is 0 Å². The molecule has 3 aromatic carbocycles. The molecule has 0 aromatic heterocycles. The Morgan fingerprint density at radius 3 is 2.24 bits per heavy atom. The van der Waals surface area contributed by atoms with Gasteiger partial charge >= 0.3 is 6.18 Å². The summed E-state index contributed by atoms with van der Waals surface area (Å²) in [6, 6.07) is 24.2. The molecule has 2 unspecified atom stereocenters. The third-order valence-electron chi connectivity index (χ3n) is 7.58. The van der Waals surface area contributed by atoms with Gasteiger partial charge in [-0.05, 0) is 54.2 Å². The van der Waals surface area contributed by atoms with Crippen LogP contribution in [0.25, 0.3) is 0 Å². The smallest absolute Gasteiger partial charge is 0.365 e. The van der Waals surface area contributed by atoms with Crippen molar-refractivity contribution in [3.05, 3.63) is 101 Å². The second-order valence-electron chi connectivity index (χ2n) is 9.98. The summed E-state index contributed by atoms with van der Waals surface area (Å²) in [5, 5.41) is 3.08. The summed E-state index contributed by atoms with van der Waals surface area (Å²) in [5.74, 6) is -0.495. The fraction of sp³-hybridized carbons (Fsp3) is 0.367. The predicted molar refractivity (Wildman–Crippen MR) is 140 cm³/mol. The van der Waals surface area contributed by atoms with Gasteiger partial charge in [0.1, 0.15) is 0 Å². The first-order valence-electron chi connectivity index (χ1n) is 12.9. The molecule has 2 atom stereocenters. The lowest BCUT2D eigenvalue weighted by molar-refractivity contribution is -0.137. The zero-order chi connectivity index (χ0) is 25.8. The molecule has 0 spiro atoms. The molecule has 1 saturated heterocycles. The second kappa shape index (κ2) is 11.0. The van der Waals surface area contributed by atoms with Crippen molar-refractivity contribution in [2.45, 2.75) is 31.5 Å². The van der Waals surface area contributed by atoms with Crippen molar-refractivity contribution in [1.29, 1.82) is 0 Å². The molecule has 5 rings (SSSR count). The summed E-state index contributed by atoms with van der Waals surface area (Å²) in [5.41, 5.74) is 3.18. The summed E-state index contributed by atoms with van der Waals surface area (Å²) in [6.07, 6.45) is -2.46. The van der Waals surface area contributed by atoms with Crippen LogP contribution in [0.5, 0.6) is 0 Å². The van der Waals surface area contributed by atoms with Crippen molar-refractivity contribution in [1.82, 2.24) is 10.2 Å². The Morgan fingerprint density at radius 1 is 0.892 bits per heavy atom. The van der Waals surface area contributed by atoms with Gasteiger partial charge in [-0.3, -0.25) is 9.69 Å².